The summed E-state index contributed by atoms with van der Waals surface area (Å²) in [4.78, 5) is 4.74. The van der Waals surface area contributed by atoms with Crippen molar-refractivity contribution in [1.82, 2.24) is 4.98 Å². The average molecular weight is 265 g/mol. The van der Waals surface area contributed by atoms with Crippen LogP contribution in [0.15, 0.2) is 55.1 Å². The van der Waals surface area contributed by atoms with E-state index in [1.165, 1.54) is 21.4 Å². The Kier molecular flexibility index (Phi) is 3.18. The number of allylic oxidation sites excluding steroid dienone is 1. The van der Waals surface area contributed by atoms with E-state index in [-0.39, 0.29) is 0 Å². The zero-order valence-corrected chi connectivity index (χ0v) is 11.7. The standard InChI is InChI=1S/C17H15NS/c1-3-6-13-11-12(2)9-10-14(13)17-18-15-7-4-5-8-16(15)19-17/h3-5,7-11H,1,6H2,2H3. The first-order chi connectivity index (χ1) is 9.28. The number of rotatable bonds is 3. The van der Waals surface area contributed by atoms with Gasteiger partial charge in [0, 0.05) is 5.56 Å². The molecule has 19 heavy (non-hydrogen) atoms. The molecule has 3 aromatic rings. The molecule has 0 saturated carbocycles. The normalized spacial score (nSPS) is 10.8. The quantitative estimate of drug-likeness (QED) is 0.607. The van der Waals surface area contributed by atoms with E-state index in [2.05, 4.69) is 49.9 Å². The number of benzene rings is 2. The highest BCUT2D eigenvalue weighted by atomic mass is 32.1. The average Bonchev–Trinajstić information content (AvgIpc) is 2.82. The first kappa shape index (κ1) is 12.1. The molecule has 0 aliphatic carbocycles. The second kappa shape index (κ2) is 4.98. The first-order valence-electron chi connectivity index (χ1n) is 6.34. The molecule has 0 radical (unpaired) electrons. The van der Waals surface area contributed by atoms with Crippen LogP contribution in [0, 0.1) is 6.92 Å². The Balaban J connectivity index is 2.17. The Morgan fingerprint density at radius 3 is 2.84 bits per heavy atom. The molecule has 2 aromatic carbocycles. The summed E-state index contributed by atoms with van der Waals surface area (Å²) in [6.07, 6.45) is 2.83. The van der Waals surface area contributed by atoms with Gasteiger partial charge in [0.1, 0.15) is 5.01 Å². The van der Waals surface area contributed by atoms with E-state index in [0.717, 1.165) is 16.9 Å². The first-order valence-corrected chi connectivity index (χ1v) is 7.16. The lowest BCUT2D eigenvalue weighted by molar-refractivity contribution is 1.25. The fourth-order valence-electron chi connectivity index (χ4n) is 2.24. The molecule has 2 heteroatoms. The predicted molar refractivity (Wildman–Crippen MR) is 83.7 cm³/mol. The maximum atomic E-state index is 4.74. The molecule has 0 N–H and O–H groups in total. The van der Waals surface area contributed by atoms with E-state index in [1.807, 2.05) is 12.1 Å². The molecule has 0 saturated heterocycles. The molecule has 94 valence electrons. The highest BCUT2D eigenvalue weighted by Gasteiger charge is 2.09. The van der Waals surface area contributed by atoms with E-state index < -0.39 is 0 Å². The van der Waals surface area contributed by atoms with Gasteiger partial charge in [-0.05, 0) is 31.0 Å². The van der Waals surface area contributed by atoms with Crippen LogP contribution in [0.25, 0.3) is 20.8 Å². The van der Waals surface area contributed by atoms with Crippen LogP contribution in [0.4, 0.5) is 0 Å². The summed E-state index contributed by atoms with van der Waals surface area (Å²) in [6, 6.07) is 14.8. The number of aromatic nitrogens is 1. The van der Waals surface area contributed by atoms with Crippen molar-refractivity contribution in [3.05, 3.63) is 66.2 Å². The molecule has 0 aliphatic heterocycles. The van der Waals surface area contributed by atoms with Crippen LogP contribution in [-0.2, 0) is 6.42 Å². The predicted octanol–water partition coefficient (Wildman–Crippen LogP) is 5.00. The molecule has 1 aromatic heterocycles. The summed E-state index contributed by atoms with van der Waals surface area (Å²) in [5, 5.41) is 1.10. The Bertz CT molecular complexity index is 707. The van der Waals surface area contributed by atoms with Gasteiger partial charge in [-0.1, -0.05) is 42.0 Å². The Morgan fingerprint density at radius 2 is 2.05 bits per heavy atom. The van der Waals surface area contributed by atoms with Crippen LogP contribution in [0.3, 0.4) is 0 Å². The molecule has 1 nitrogen and oxygen atoms in total. The third-order valence-electron chi connectivity index (χ3n) is 3.15. The van der Waals surface area contributed by atoms with Gasteiger partial charge in [-0.15, -0.1) is 17.9 Å². The summed E-state index contributed by atoms with van der Waals surface area (Å²) >= 11 is 1.75. The van der Waals surface area contributed by atoms with Crippen LogP contribution in [-0.4, -0.2) is 4.98 Å². The van der Waals surface area contributed by atoms with Crippen LogP contribution in [0.2, 0.25) is 0 Å². The molecule has 1 heterocycles. The van der Waals surface area contributed by atoms with Crippen molar-refractivity contribution in [2.45, 2.75) is 13.3 Å². The maximum Gasteiger partial charge on any atom is 0.124 e. The van der Waals surface area contributed by atoms with Crippen molar-refractivity contribution >= 4 is 21.6 Å². The van der Waals surface area contributed by atoms with Gasteiger partial charge >= 0.3 is 0 Å². The van der Waals surface area contributed by atoms with E-state index >= 15 is 0 Å². The number of nitrogens with zero attached hydrogens (tertiary/aromatic N) is 1. The van der Waals surface area contributed by atoms with Crippen LogP contribution >= 0.6 is 11.3 Å². The van der Waals surface area contributed by atoms with Gasteiger partial charge in [-0.3, -0.25) is 0 Å². The number of fused-ring (bicyclic) bond motifs is 1. The monoisotopic (exact) mass is 265 g/mol. The van der Waals surface area contributed by atoms with Crippen molar-refractivity contribution in [3.63, 3.8) is 0 Å². The number of aryl methyl sites for hydroxylation is 1. The zero-order valence-electron chi connectivity index (χ0n) is 10.9. The maximum absolute atomic E-state index is 4.74. The van der Waals surface area contributed by atoms with E-state index in [9.17, 15) is 0 Å². The second-order valence-corrected chi connectivity index (χ2v) is 5.67. The fourth-order valence-corrected chi connectivity index (χ4v) is 3.27. The van der Waals surface area contributed by atoms with Gasteiger partial charge in [-0.2, -0.15) is 0 Å². The second-order valence-electron chi connectivity index (χ2n) is 4.64. The summed E-state index contributed by atoms with van der Waals surface area (Å²) < 4.78 is 1.24. The molecule has 0 aliphatic rings. The number of hydrogen-bond acceptors (Lipinski definition) is 2. The minimum Gasteiger partial charge on any atom is -0.236 e. The summed E-state index contributed by atoms with van der Waals surface area (Å²) in [5.41, 5.74) is 4.88. The van der Waals surface area contributed by atoms with Crippen molar-refractivity contribution < 1.29 is 0 Å². The topological polar surface area (TPSA) is 12.9 Å². The number of thiazole rings is 1. The van der Waals surface area contributed by atoms with Crippen molar-refractivity contribution in [3.8, 4) is 10.6 Å². The van der Waals surface area contributed by atoms with Gasteiger partial charge in [0.25, 0.3) is 0 Å². The molecular weight excluding hydrogens is 250 g/mol. The molecular formula is C17H15NS. The van der Waals surface area contributed by atoms with E-state index in [0.29, 0.717) is 0 Å². The summed E-state index contributed by atoms with van der Waals surface area (Å²) in [6.45, 7) is 5.97. The van der Waals surface area contributed by atoms with Crippen molar-refractivity contribution in [1.29, 1.82) is 0 Å². The lowest BCUT2D eigenvalue weighted by atomic mass is 10.0. The Morgan fingerprint density at radius 1 is 1.21 bits per heavy atom. The Labute approximate surface area is 117 Å². The lowest BCUT2D eigenvalue weighted by Gasteiger charge is -2.06. The zero-order chi connectivity index (χ0) is 13.2. The summed E-state index contributed by atoms with van der Waals surface area (Å²) in [5.74, 6) is 0. The molecule has 0 amide bonds. The SMILES string of the molecule is C=CCc1cc(C)ccc1-c1nc2ccccc2s1. The molecule has 0 spiro atoms. The highest BCUT2D eigenvalue weighted by Crippen LogP contribution is 2.32. The molecule has 0 atom stereocenters. The van der Waals surface area contributed by atoms with Gasteiger partial charge in [0.15, 0.2) is 0 Å². The van der Waals surface area contributed by atoms with Crippen molar-refractivity contribution in [2.75, 3.05) is 0 Å². The van der Waals surface area contributed by atoms with Gasteiger partial charge in [0.2, 0.25) is 0 Å². The van der Waals surface area contributed by atoms with Gasteiger partial charge < -0.3 is 0 Å². The minimum atomic E-state index is 0.882. The smallest absolute Gasteiger partial charge is 0.124 e. The van der Waals surface area contributed by atoms with E-state index in [1.54, 1.807) is 11.3 Å². The molecule has 3 rings (SSSR count). The molecule has 0 bridgehead atoms. The lowest BCUT2D eigenvalue weighted by Crippen LogP contribution is -1.89. The largest absolute Gasteiger partial charge is 0.236 e. The number of para-hydroxylation sites is 1. The highest BCUT2D eigenvalue weighted by molar-refractivity contribution is 7.21. The third kappa shape index (κ3) is 2.32. The van der Waals surface area contributed by atoms with Crippen molar-refractivity contribution in [2.24, 2.45) is 0 Å². The molecule has 0 fully saturated rings. The third-order valence-corrected chi connectivity index (χ3v) is 4.22. The van der Waals surface area contributed by atoms with Crippen LogP contribution < -0.4 is 0 Å². The number of hydrogen-bond donors (Lipinski definition) is 0. The Hall–Kier alpha value is -1.93. The van der Waals surface area contributed by atoms with Crippen LogP contribution in [0.5, 0.6) is 0 Å². The van der Waals surface area contributed by atoms with Gasteiger partial charge in [0.05, 0.1) is 10.2 Å². The summed E-state index contributed by atoms with van der Waals surface area (Å²) in [7, 11) is 0. The van der Waals surface area contributed by atoms with Gasteiger partial charge in [-0.25, -0.2) is 4.98 Å². The molecule has 0 unspecified atom stereocenters. The van der Waals surface area contributed by atoms with Crippen LogP contribution in [0.1, 0.15) is 11.1 Å². The minimum absolute atomic E-state index is 0.882. The van der Waals surface area contributed by atoms with E-state index in [4.69, 9.17) is 4.98 Å². The fraction of sp³-hybridized carbons (Fsp3) is 0.118.